The summed E-state index contributed by atoms with van der Waals surface area (Å²) >= 11 is 0. The summed E-state index contributed by atoms with van der Waals surface area (Å²) in [6.07, 6.45) is 2.75. The molecule has 1 heteroatoms. The van der Waals surface area contributed by atoms with E-state index < -0.39 is 0 Å². The van der Waals surface area contributed by atoms with Crippen molar-refractivity contribution in [2.75, 3.05) is 13.1 Å². The van der Waals surface area contributed by atoms with Gasteiger partial charge in [-0.3, -0.25) is 4.90 Å². The Morgan fingerprint density at radius 1 is 1.14 bits per heavy atom. The van der Waals surface area contributed by atoms with E-state index in [1.165, 1.54) is 25.9 Å². The Labute approximate surface area is 88.2 Å². The molecule has 14 heavy (non-hydrogen) atoms. The van der Waals surface area contributed by atoms with Crippen molar-refractivity contribution in [1.29, 1.82) is 0 Å². The topological polar surface area (TPSA) is 3.24 Å². The van der Waals surface area contributed by atoms with Gasteiger partial charge >= 0.3 is 0 Å². The molecular formula is C13H23N. The third kappa shape index (κ3) is 1.52. The number of likely N-dealkylation sites (tertiary alicyclic amines) is 1. The zero-order valence-electron chi connectivity index (χ0n) is 10.3. The van der Waals surface area contributed by atoms with Gasteiger partial charge in [-0.25, -0.2) is 0 Å². The Bertz CT molecular complexity index is 260. The summed E-state index contributed by atoms with van der Waals surface area (Å²) in [4.78, 5) is 2.61. The van der Waals surface area contributed by atoms with Crippen LogP contribution in [0.5, 0.6) is 0 Å². The number of hydrogen-bond acceptors (Lipinski definition) is 1. The van der Waals surface area contributed by atoms with Gasteiger partial charge in [0.25, 0.3) is 0 Å². The van der Waals surface area contributed by atoms with E-state index in [2.05, 4.69) is 39.5 Å². The Balaban J connectivity index is 1.89. The lowest BCUT2D eigenvalue weighted by Gasteiger charge is -2.61. The summed E-state index contributed by atoms with van der Waals surface area (Å²) in [5.41, 5.74) is 4.36. The molecule has 0 bridgehead atoms. The fraction of sp³-hybridized carbons (Fsp3) is 0.846. The molecule has 1 saturated heterocycles. The summed E-state index contributed by atoms with van der Waals surface area (Å²) in [5.74, 6) is 0. The summed E-state index contributed by atoms with van der Waals surface area (Å²) < 4.78 is 0. The number of rotatable bonds is 0. The zero-order valence-corrected chi connectivity index (χ0v) is 10.3. The monoisotopic (exact) mass is 193 g/mol. The molecule has 0 aromatic heterocycles. The van der Waals surface area contributed by atoms with Crippen LogP contribution in [-0.2, 0) is 0 Å². The van der Waals surface area contributed by atoms with E-state index in [1.807, 2.05) is 0 Å². The van der Waals surface area contributed by atoms with Crippen molar-refractivity contribution in [3.63, 3.8) is 0 Å². The lowest BCUT2D eigenvalue weighted by Crippen LogP contribution is -2.65. The van der Waals surface area contributed by atoms with E-state index in [0.717, 1.165) is 0 Å². The van der Waals surface area contributed by atoms with Gasteiger partial charge in [-0.2, -0.15) is 0 Å². The smallest absolute Gasteiger partial charge is 0.0125 e. The van der Waals surface area contributed by atoms with Crippen molar-refractivity contribution >= 4 is 0 Å². The molecule has 0 radical (unpaired) electrons. The Morgan fingerprint density at radius 3 is 2.00 bits per heavy atom. The first kappa shape index (κ1) is 10.2. The predicted molar refractivity (Wildman–Crippen MR) is 61.4 cm³/mol. The van der Waals surface area contributed by atoms with Gasteiger partial charge < -0.3 is 0 Å². The predicted octanol–water partition coefficient (Wildman–Crippen LogP) is 3.22. The van der Waals surface area contributed by atoms with Crippen LogP contribution in [0.4, 0.5) is 0 Å². The average molecular weight is 193 g/mol. The van der Waals surface area contributed by atoms with E-state index in [-0.39, 0.29) is 0 Å². The van der Waals surface area contributed by atoms with Gasteiger partial charge in [-0.1, -0.05) is 11.1 Å². The van der Waals surface area contributed by atoms with E-state index in [4.69, 9.17) is 0 Å². The second-order valence-corrected chi connectivity index (χ2v) is 6.48. The van der Waals surface area contributed by atoms with Gasteiger partial charge in [0.05, 0.1) is 0 Å². The number of allylic oxidation sites excluding steroid dienone is 2. The summed E-state index contributed by atoms with van der Waals surface area (Å²) in [5, 5.41) is 0. The maximum absolute atomic E-state index is 2.61. The molecule has 1 saturated carbocycles. The average Bonchev–Trinajstić information content (AvgIpc) is 1.74. The highest BCUT2D eigenvalue weighted by Crippen LogP contribution is 2.53. The molecule has 1 spiro atoms. The molecule has 1 heterocycles. The van der Waals surface area contributed by atoms with Crippen molar-refractivity contribution in [3.05, 3.63) is 11.1 Å². The van der Waals surface area contributed by atoms with Crippen LogP contribution in [0.2, 0.25) is 0 Å². The van der Waals surface area contributed by atoms with Crippen LogP contribution in [0.3, 0.4) is 0 Å². The molecule has 1 nitrogen and oxygen atoms in total. The lowest BCUT2D eigenvalue weighted by atomic mass is 9.59. The van der Waals surface area contributed by atoms with Gasteiger partial charge in [0, 0.05) is 24.0 Å². The maximum atomic E-state index is 2.61. The fourth-order valence-corrected chi connectivity index (χ4v) is 2.67. The Kier molecular flexibility index (Phi) is 2.08. The van der Waals surface area contributed by atoms with Crippen LogP contribution >= 0.6 is 0 Å². The Hall–Kier alpha value is -0.300. The molecule has 1 aliphatic carbocycles. The third-order valence-electron chi connectivity index (χ3n) is 3.89. The highest BCUT2D eigenvalue weighted by atomic mass is 15.3. The minimum Gasteiger partial charge on any atom is -0.297 e. The highest BCUT2D eigenvalue weighted by Gasteiger charge is 2.52. The molecule has 0 unspecified atom stereocenters. The van der Waals surface area contributed by atoms with E-state index in [1.54, 1.807) is 11.1 Å². The molecule has 80 valence electrons. The fourth-order valence-electron chi connectivity index (χ4n) is 2.67. The van der Waals surface area contributed by atoms with Crippen LogP contribution in [0.25, 0.3) is 0 Å². The number of hydrogen-bond donors (Lipinski definition) is 0. The number of nitrogens with zero attached hydrogens (tertiary/aromatic N) is 1. The van der Waals surface area contributed by atoms with Crippen LogP contribution in [0.1, 0.15) is 47.5 Å². The SMILES string of the molecule is CC(C)=C1CC2(C1)CN(C(C)(C)C)C2. The van der Waals surface area contributed by atoms with Crippen molar-refractivity contribution < 1.29 is 0 Å². The van der Waals surface area contributed by atoms with E-state index in [0.29, 0.717) is 11.0 Å². The van der Waals surface area contributed by atoms with Crippen LogP contribution in [-0.4, -0.2) is 23.5 Å². The zero-order chi connectivity index (χ0) is 10.6. The molecule has 0 amide bonds. The summed E-state index contributed by atoms with van der Waals surface area (Å²) in [6, 6.07) is 0. The second-order valence-electron chi connectivity index (χ2n) is 6.48. The molecule has 1 aliphatic heterocycles. The van der Waals surface area contributed by atoms with Crippen molar-refractivity contribution in [2.24, 2.45) is 5.41 Å². The molecule has 2 rings (SSSR count). The van der Waals surface area contributed by atoms with E-state index >= 15 is 0 Å². The molecule has 0 aromatic carbocycles. The van der Waals surface area contributed by atoms with Crippen LogP contribution in [0.15, 0.2) is 11.1 Å². The lowest BCUT2D eigenvalue weighted by molar-refractivity contribution is -0.0817. The van der Waals surface area contributed by atoms with Gasteiger partial charge in [0.2, 0.25) is 0 Å². The second kappa shape index (κ2) is 2.85. The normalized spacial score (nSPS) is 25.9. The van der Waals surface area contributed by atoms with Gasteiger partial charge in [-0.05, 0) is 47.5 Å². The van der Waals surface area contributed by atoms with Gasteiger partial charge in [0.1, 0.15) is 0 Å². The molecule has 2 fully saturated rings. The molecule has 0 atom stereocenters. The van der Waals surface area contributed by atoms with Crippen LogP contribution < -0.4 is 0 Å². The highest BCUT2D eigenvalue weighted by molar-refractivity contribution is 5.27. The minimum absolute atomic E-state index is 0.381. The summed E-state index contributed by atoms with van der Waals surface area (Å²) in [6.45, 7) is 14.1. The largest absolute Gasteiger partial charge is 0.297 e. The van der Waals surface area contributed by atoms with Gasteiger partial charge in [0.15, 0.2) is 0 Å². The van der Waals surface area contributed by atoms with Crippen molar-refractivity contribution in [2.45, 2.75) is 53.0 Å². The van der Waals surface area contributed by atoms with Crippen molar-refractivity contribution in [3.8, 4) is 0 Å². The first-order valence-corrected chi connectivity index (χ1v) is 5.73. The summed E-state index contributed by atoms with van der Waals surface area (Å²) in [7, 11) is 0. The standard InChI is InChI=1S/C13H23N/c1-10(2)11-6-13(7-11)8-14(9-13)12(3,4)5/h6-9H2,1-5H3. The third-order valence-corrected chi connectivity index (χ3v) is 3.89. The van der Waals surface area contributed by atoms with Gasteiger partial charge in [-0.15, -0.1) is 0 Å². The quantitative estimate of drug-likeness (QED) is 0.534. The Morgan fingerprint density at radius 2 is 1.64 bits per heavy atom. The van der Waals surface area contributed by atoms with Crippen molar-refractivity contribution in [1.82, 2.24) is 4.90 Å². The van der Waals surface area contributed by atoms with E-state index in [9.17, 15) is 0 Å². The van der Waals surface area contributed by atoms with Crippen LogP contribution in [0, 0.1) is 5.41 Å². The first-order valence-electron chi connectivity index (χ1n) is 5.73. The molecule has 0 aromatic rings. The molecule has 2 aliphatic rings. The molecular weight excluding hydrogens is 170 g/mol. The maximum Gasteiger partial charge on any atom is 0.0125 e. The minimum atomic E-state index is 0.381. The molecule has 0 N–H and O–H groups in total. The first-order chi connectivity index (χ1) is 6.32.